The number of nitrogens with zero attached hydrogens (tertiary/aromatic N) is 1. The fourth-order valence-corrected chi connectivity index (χ4v) is 3.32. The van der Waals surface area contributed by atoms with Crippen LogP contribution in [0.2, 0.25) is 0 Å². The van der Waals surface area contributed by atoms with Crippen LogP contribution in [-0.4, -0.2) is 35.1 Å². The summed E-state index contributed by atoms with van der Waals surface area (Å²) in [4.78, 5) is 19.5. The number of benzene rings is 2. The van der Waals surface area contributed by atoms with Gasteiger partial charge in [-0.05, 0) is 34.4 Å². The van der Waals surface area contributed by atoms with Crippen LogP contribution in [-0.2, 0) is 5.60 Å². The van der Waals surface area contributed by atoms with E-state index in [4.69, 9.17) is 4.74 Å². The van der Waals surface area contributed by atoms with Crippen molar-refractivity contribution in [1.29, 1.82) is 0 Å². The molecule has 0 aliphatic rings. The number of H-pyrrole nitrogens is 1. The molecule has 1 atom stereocenters. The van der Waals surface area contributed by atoms with E-state index in [9.17, 15) is 9.90 Å². The molecule has 0 radical (unpaired) electrons. The SMILES string of the molecule is CNC(=O)c1c(OC)ccc2cc(C(O)(c3c[nH]cn3)C(C)C)ccc12. The first kappa shape index (κ1) is 17.9. The molecule has 0 saturated carbocycles. The lowest BCUT2D eigenvalue weighted by Gasteiger charge is -2.31. The summed E-state index contributed by atoms with van der Waals surface area (Å²) in [6.45, 7) is 3.89. The van der Waals surface area contributed by atoms with Crippen LogP contribution in [0.5, 0.6) is 5.75 Å². The molecule has 3 N–H and O–H groups in total. The van der Waals surface area contributed by atoms with Crippen LogP contribution in [0.3, 0.4) is 0 Å². The molecule has 6 heteroatoms. The fourth-order valence-electron chi connectivity index (χ4n) is 3.32. The highest BCUT2D eigenvalue weighted by atomic mass is 16.5. The number of aromatic nitrogens is 2. The van der Waals surface area contributed by atoms with E-state index in [-0.39, 0.29) is 11.8 Å². The molecule has 3 aromatic rings. The zero-order valence-corrected chi connectivity index (χ0v) is 15.3. The largest absolute Gasteiger partial charge is 0.496 e. The van der Waals surface area contributed by atoms with E-state index in [0.717, 1.165) is 16.3 Å². The Morgan fingerprint density at radius 2 is 2.08 bits per heavy atom. The van der Waals surface area contributed by atoms with Crippen LogP contribution in [0.4, 0.5) is 0 Å². The molecule has 6 nitrogen and oxygen atoms in total. The van der Waals surface area contributed by atoms with Crippen molar-refractivity contribution in [3.8, 4) is 5.75 Å². The van der Waals surface area contributed by atoms with Crippen molar-refractivity contribution in [1.82, 2.24) is 15.3 Å². The number of fused-ring (bicyclic) bond motifs is 1. The second kappa shape index (κ2) is 6.80. The van der Waals surface area contributed by atoms with Crippen LogP contribution in [0.1, 0.15) is 35.5 Å². The number of aliphatic hydroxyl groups is 1. The highest BCUT2D eigenvalue weighted by Crippen LogP contribution is 2.38. The average molecular weight is 353 g/mol. The van der Waals surface area contributed by atoms with Gasteiger partial charge >= 0.3 is 0 Å². The lowest BCUT2D eigenvalue weighted by atomic mass is 9.80. The molecule has 3 rings (SSSR count). The van der Waals surface area contributed by atoms with Gasteiger partial charge in [0.05, 0.1) is 24.7 Å². The maximum atomic E-state index is 12.3. The molecule has 26 heavy (non-hydrogen) atoms. The maximum Gasteiger partial charge on any atom is 0.255 e. The van der Waals surface area contributed by atoms with E-state index < -0.39 is 5.60 Å². The van der Waals surface area contributed by atoms with Gasteiger partial charge in [-0.3, -0.25) is 4.79 Å². The van der Waals surface area contributed by atoms with Crippen molar-refractivity contribution in [2.75, 3.05) is 14.2 Å². The van der Waals surface area contributed by atoms with Crippen molar-refractivity contribution in [2.45, 2.75) is 19.4 Å². The van der Waals surface area contributed by atoms with Gasteiger partial charge in [0.15, 0.2) is 0 Å². The lowest BCUT2D eigenvalue weighted by molar-refractivity contribution is 0.0281. The Bertz CT molecular complexity index is 935. The van der Waals surface area contributed by atoms with Gasteiger partial charge in [0.2, 0.25) is 0 Å². The van der Waals surface area contributed by atoms with Gasteiger partial charge in [-0.1, -0.05) is 32.0 Å². The molecular weight excluding hydrogens is 330 g/mol. The predicted octanol–water partition coefficient (Wildman–Crippen LogP) is 2.82. The molecule has 0 saturated heterocycles. The molecule has 2 aromatic carbocycles. The quantitative estimate of drug-likeness (QED) is 0.658. The zero-order chi connectivity index (χ0) is 18.9. The van der Waals surface area contributed by atoms with Crippen LogP contribution in [0.25, 0.3) is 10.8 Å². The summed E-state index contributed by atoms with van der Waals surface area (Å²) in [5.41, 5.74) is 0.528. The van der Waals surface area contributed by atoms with Gasteiger partial charge in [-0.15, -0.1) is 0 Å². The minimum Gasteiger partial charge on any atom is -0.496 e. The topological polar surface area (TPSA) is 87.2 Å². The van der Waals surface area contributed by atoms with Crippen LogP contribution >= 0.6 is 0 Å². The van der Waals surface area contributed by atoms with Gasteiger partial charge in [-0.25, -0.2) is 4.98 Å². The number of hydrogen-bond donors (Lipinski definition) is 3. The predicted molar refractivity (Wildman–Crippen MR) is 100 cm³/mol. The second-order valence-corrected chi connectivity index (χ2v) is 6.53. The maximum absolute atomic E-state index is 12.3. The van der Waals surface area contributed by atoms with Crippen molar-refractivity contribution in [2.24, 2.45) is 5.92 Å². The molecule has 1 amide bonds. The van der Waals surface area contributed by atoms with Crippen LogP contribution in [0.15, 0.2) is 42.9 Å². The number of nitrogens with one attached hydrogen (secondary N) is 2. The number of ether oxygens (including phenoxy) is 1. The summed E-state index contributed by atoms with van der Waals surface area (Å²) in [5, 5.41) is 15.7. The van der Waals surface area contributed by atoms with Crippen molar-refractivity contribution < 1.29 is 14.6 Å². The standard InChI is InChI=1S/C20H23N3O3/c1-12(2)20(25,17-10-22-11-23-17)14-6-7-15-13(9-14)5-8-16(26-4)18(15)19(24)21-3/h5-12,25H,1-4H3,(H,21,24)(H,22,23). The average Bonchev–Trinajstić information content (AvgIpc) is 3.20. The van der Waals surface area contributed by atoms with Gasteiger partial charge in [0.1, 0.15) is 11.4 Å². The Balaban J connectivity index is 2.23. The van der Waals surface area contributed by atoms with E-state index in [1.54, 1.807) is 25.6 Å². The second-order valence-electron chi connectivity index (χ2n) is 6.53. The van der Waals surface area contributed by atoms with Gasteiger partial charge in [0.25, 0.3) is 5.91 Å². The molecule has 0 aliphatic carbocycles. The monoisotopic (exact) mass is 353 g/mol. The van der Waals surface area contributed by atoms with E-state index in [1.165, 1.54) is 7.11 Å². The van der Waals surface area contributed by atoms with Gasteiger partial charge in [0, 0.05) is 13.2 Å². The number of methoxy groups -OCH3 is 1. The molecular formula is C20H23N3O3. The molecule has 1 heterocycles. The Hall–Kier alpha value is -2.86. The van der Waals surface area contributed by atoms with Crippen molar-refractivity contribution >= 4 is 16.7 Å². The number of carbonyl (C=O) groups is 1. The summed E-state index contributed by atoms with van der Waals surface area (Å²) in [5.74, 6) is 0.197. The third-order valence-electron chi connectivity index (χ3n) is 4.82. The molecule has 1 unspecified atom stereocenters. The normalized spacial score (nSPS) is 13.6. The molecule has 0 spiro atoms. The van der Waals surface area contributed by atoms with Gasteiger partial charge in [-0.2, -0.15) is 0 Å². The minimum absolute atomic E-state index is 0.0973. The van der Waals surface area contributed by atoms with E-state index in [1.807, 2.05) is 38.1 Å². The lowest BCUT2D eigenvalue weighted by Crippen LogP contribution is -2.33. The smallest absolute Gasteiger partial charge is 0.255 e. The van der Waals surface area contributed by atoms with Crippen molar-refractivity contribution in [3.05, 3.63) is 59.7 Å². The molecule has 0 aliphatic heterocycles. The highest BCUT2D eigenvalue weighted by molar-refractivity contribution is 6.09. The first-order chi connectivity index (χ1) is 12.4. The molecule has 136 valence electrons. The van der Waals surface area contributed by atoms with Crippen LogP contribution in [0, 0.1) is 5.92 Å². The minimum atomic E-state index is -1.23. The highest BCUT2D eigenvalue weighted by Gasteiger charge is 2.37. The number of amides is 1. The summed E-state index contributed by atoms with van der Waals surface area (Å²) in [6, 6.07) is 9.23. The Morgan fingerprint density at radius 3 is 2.65 bits per heavy atom. The number of rotatable bonds is 5. The summed E-state index contributed by atoms with van der Waals surface area (Å²) >= 11 is 0. The Morgan fingerprint density at radius 1 is 1.31 bits per heavy atom. The number of carbonyl (C=O) groups excluding carboxylic acids is 1. The molecule has 0 bridgehead atoms. The zero-order valence-electron chi connectivity index (χ0n) is 15.3. The van der Waals surface area contributed by atoms with Gasteiger partial charge < -0.3 is 20.1 Å². The van der Waals surface area contributed by atoms with Crippen molar-refractivity contribution in [3.63, 3.8) is 0 Å². The molecule has 1 aromatic heterocycles. The van der Waals surface area contributed by atoms with E-state index in [2.05, 4.69) is 15.3 Å². The number of imidazole rings is 1. The number of aromatic amines is 1. The fraction of sp³-hybridized carbons (Fsp3) is 0.300. The Labute approximate surface area is 152 Å². The van der Waals surface area contributed by atoms with E-state index >= 15 is 0 Å². The van der Waals surface area contributed by atoms with Crippen LogP contribution < -0.4 is 10.1 Å². The third-order valence-corrected chi connectivity index (χ3v) is 4.82. The number of hydrogen-bond acceptors (Lipinski definition) is 4. The summed E-state index contributed by atoms with van der Waals surface area (Å²) in [7, 11) is 3.13. The third kappa shape index (κ3) is 2.72. The van der Waals surface area contributed by atoms with E-state index in [0.29, 0.717) is 17.0 Å². The molecule has 0 fully saturated rings. The summed E-state index contributed by atoms with van der Waals surface area (Å²) < 4.78 is 5.35. The first-order valence-corrected chi connectivity index (χ1v) is 8.48. The summed E-state index contributed by atoms with van der Waals surface area (Å²) in [6.07, 6.45) is 3.26. The first-order valence-electron chi connectivity index (χ1n) is 8.48. The Kier molecular flexibility index (Phi) is 4.70.